The molecule has 0 rings (SSSR count). The molecular formula is C15H27ClO3. The molecule has 112 valence electrons. The summed E-state index contributed by atoms with van der Waals surface area (Å²) in [5, 5.41) is -0.607. The van der Waals surface area contributed by atoms with E-state index in [0.29, 0.717) is 25.4 Å². The zero-order valence-corrected chi connectivity index (χ0v) is 13.4. The highest BCUT2D eigenvalue weighted by Crippen LogP contribution is 2.31. The predicted octanol–water partition coefficient (Wildman–Crippen LogP) is 4.32. The Balaban J connectivity index is 4.52. The third-order valence-electron chi connectivity index (χ3n) is 3.97. The van der Waals surface area contributed by atoms with E-state index in [9.17, 15) is 9.59 Å². The SMILES string of the molecule is CCCCC(CC)COC(=O)C(CC)(CC)C(=O)Cl. The third kappa shape index (κ3) is 5.13. The van der Waals surface area contributed by atoms with Crippen molar-refractivity contribution in [3.63, 3.8) is 0 Å². The standard InChI is InChI=1S/C15H27ClO3/c1-5-9-10-12(6-2)11-19-14(18)15(7-3,8-4)13(16)17/h12H,5-11H2,1-4H3. The number of halogens is 1. The van der Waals surface area contributed by atoms with E-state index in [-0.39, 0.29) is 0 Å². The number of carbonyl (C=O) groups is 2. The molecule has 0 spiro atoms. The monoisotopic (exact) mass is 290 g/mol. The van der Waals surface area contributed by atoms with Gasteiger partial charge >= 0.3 is 5.97 Å². The van der Waals surface area contributed by atoms with E-state index in [2.05, 4.69) is 13.8 Å². The first kappa shape index (κ1) is 18.4. The van der Waals surface area contributed by atoms with E-state index < -0.39 is 16.6 Å². The van der Waals surface area contributed by atoms with Gasteiger partial charge in [-0.25, -0.2) is 0 Å². The van der Waals surface area contributed by atoms with Gasteiger partial charge in [-0.05, 0) is 36.8 Å². The number of rotatable bonds is 10. The van der Waals surface area contributed by atoms with Gasteiger partial charge in [-0.3, -0.25) is 9.59 Å². The quantitative estimate of drug-likeness (QED) is 0.342. The van der Waals surface area contributed by atoms with Gasteiger partial charge in [-0.2, -0.15) is 0 Å². The normalized spacial score (nSPS) is 13.1. The lowest BCUT2D eigenvalue weighted by atomic mass is 9.84. The number of esters is 1. The molecule has 0 saturated carbocycles. The maximum Gasteiger partial charge on any atom is 0.320 e. The Bertz CT molecular complexity index is 285. The molecule has 4 heteroatoms. The van der Waals surface area contributed by atoms with Gasteiger partial charge in [0.15, 0.2) is 0 Å². The van der Waals surface area contributed by atoms with E-state index in [1.54, 1.807) is 13.8 Å². The van der Waals surface area contributed by atoms with Crippen LogP contribution < -0.4 is 0 Å². The van der Waals surface area contributed by atoms with Crippen molar-refractivity contribution in [1.29, 1.82) is 0 Å². The first-order valence-electron chi connectivity index (χ1n) is 7.35. The Kier molecular flexibility index (Phi) is 9.07. The van der Waals surface area contributed by atoms with Crippen LogP contribution in [0.3, 0.4) is 0 Å². The lowest BCUT2D eigenvalue weighted by Gasteiger charge is -2.26. The summed E-state index contributed by atoms with van der Waals surface area (Å²) in [6.45, 7) is 8.21. The van der Waals surface area contributed by atoms with Crippen molar-refractivity contribution in [2.24, 2.45) is 11.3 Å². The molecule has 0 heterocycles. The molecule has 0 amide bonds. The van der Waals surface area contributed by atoms with Gasteiger partial charge in [-0.1, -0.05) is 47.0 Å². The van der Waals surface area contributed by atoms with Crippen molar-refractivity contribution in [1.82, 2.24) is 0 Å². The van der Waals surface area contributed by atoms with Gasteiger partial charge in [0.05, 0.1) is 6.61 Å². The largest absolute Gasteiger partial charge is 0.465 e. The molecule has 0 saturated heterocycles. The van der Waals surface area contributed by atoms with Crippen LogP contribution in [0.1, 0.15) is 66.2 Å². The van der Waals surface area contributed by atoms with Crippen molar-refractivity contribution >= 4 is 22.8 Å². The van der Waals surface area contributed by atoms with Crippen LogP contribution in [0.2, 0.25) is 0 Å². The molecule has 0 aromatic heterocycles. The highest BCUT2D eigenvalue weighted by atomic mass is 35.5. The molecule has 0 radical (unpaired) electrons. The van der Waals surface area contributed by atoms with Crippen LogP contribution in [0.5, 0.6) is 0 Å². The molecule has 0 fully saturated rings. The Labute approximate surface area is 122 Å². The highest BCUT2D eigenvalue weighted by molar-refractivity contribution is 6.66. The Morgan fingerprint density at radius 3 is 2.11 bits per heavy atom. The predicted molar refractivity (Wildman–Crippen MR) is 78.1 cm³/mol. The number of carbonyl (C=O) groups excluding carboxylic acids is 2. The highest BCUT2D eigenvalue weighted by Gasteiger charge is 2.43. The summed E-state index contributed by atoms with van der Waals surface area (Å²) >= 11 is 5.59. The molecule has 0 N–H and O–H groups in total. The molecule has 1 unspecified atom stereocenters. The molecule has 0 aliphatic carbocycles. The summed E-state index contributed by atoms with van der Waals surface area (Å²) < 4.78 is 5.36. The van der Waals surface area contributed by atoms with Crippen molar-refractivity contribution in [2.45, 2.75) is 66.2 Å². The molecule has 0 aromatic rings. The first-order valence-corrected chi connectivity index (χ1v) is 7.73. The summed E-state index contributed by atoms with van der Waals surface area (Å²) in [4.78, 5) is 23.7. The molecule has 0 aromatic carbocycles. The van der Waals surface area contributed by atoms with Crippen LogP contribution in [0.4, 0.5) is 0 Å². The van der Waals surface area contributed by atoms with E-state index in [4.69, 9.17) is 16.3 Å². The van der Waals surface area contributed by atoms with Crippen LogP contribution >= 0.6 is 11.6 Å². The lowest BCUT2D eigenvalue weighted by Crippen LogP contribution is -2.38. The van der Waals surface area contributed by atoms with Gasteiger partial charge in [0.1, 0.15) is 5.41 Å². The molecule has 0 aliphatic heterocycles. The van der Waals surface area contributed by atoms with Crippen molar-refractivity contribution in [2.75, 3.05) is 6.61 Å². The third-order valence-corrected chi connectivity index (χ3v) is 4.33. The maximum atomic E-state index is 12.1. The van der Waals surface area contributed by atoms with Gasteiger partial charge < -0.3 is 4.74 Å². The number of unbranched alkanes of at least 4 members (excludes halogenated alkanes) is 1. The summed E-state index contributed by atoms with van der Waals surface area (Å²) in [6, 6.07) is 0. The lowest BCUT2D eigenvalue weighted by molar-refractivity contribution is -0.160. The van der Waals surface area contributed by atoms with Crippen LogP contribution in [-0.4, -0.2) is 17.8 Å². The summed E-state index contributed by atoms with van der Waals surface area (Å²) in [5.41, 5.74) is -1.16. The van der Waals surface area contributed by atoms with E-state index in [0.717, 1.165) is 25.7 Å². The number of hydrogen-bond acceptors (Lipinski definition) is 3. The van der Waals surface area contributed by atoms with E-state index >= 15 is 0 Å². The second-order valence-corrected chi connectivity index (χ2v) is 5.42. The molecule has 19 heavy (non-hydrogen) atoms. The van der Waals surface area contributed by atoms with Crippen LogP contribution in [-0.2, 0) is 14.3 Å². The second-order valence-electron chi connectivity index (χ2n) is 5.08. The molecule has 1 atom stereocenters. The van der Waals surface area contributed by atoms with Crippen LogP contribution in [0.25, 0.3) is 0 Å². The zero-order chi connectivity index (χ0) is 14.9. The molecule has 0 bridgehead atoms. The topological polar surface area (TPSA) is 43.4 Å². The Morgan fingerprint density at radius 1 is 1.16 bits per heavy atom. The van der Waals surface area contributed by atoms with Gasteiger partial charge in [0.25, 0.3) is 0 Å². The average Bonchev–Trinajstić information content (AvgIpc) is 2.40. The van der Waals surface area contributed by atoms with Gasteiger partial charge in [-0.15, -0.1) is 0 Å². The van der Waals surface area contributed by atoms with E-state index in [1.165, 1.54) is 0 Å². The van der Waals surface area contributed by atoms with Gasteiger partial charge in [0.2, 0.25) is 5.24 Å². The number of hydrogen-bond donors (Lipinski definition) is 0. The molecular weight excluding hydrogens is 264 g/mol. The van der Waals surface area contributed by atoms with Crippen molar-refractivity contribution < 1.29 is 14.3 Å². The summed E-state index contributed by atoms with van der Waals surface area (Å²) in [6.07, 6.45) is 5.08. The Hall–Kier alpha value is -0.570. The fourth-order valence-electron chi connectivity index (χ4n) is 2.13. The van der Waals surface area contributed by atoms with Crippen LogP contribution in [0.15, 0.2) is 0 Å². The smallest absolute Gasteiger partial charge is 0.320 e. The van der Waals surface area contributed by atoms with Crippen molar-refractivity contribution in [3.8, 4) is 0 Å². The molecule has 3 nitrogen and oxygen atoms in total. The minimum absolute atomic E-state index is 0.376. The number of ether oxygens (including phenoxy) is 1. The minimum atomic E-state index is -1.16. The summed E-state index contributed by atoms with van der Waals surface area (Å²) in [7, 11) is 0. The fraction of sp³-hybridized carbons (Fsp3) is 0.867. The minimum Gasteiger partial charge on any atom is -0.465 e. The molecule has 0 aliphatic rings. The van der Waals surface area contributed by atoms with Crippen LogP contribution in [0, 0.1) is 11.3 Å². The van der Waals surface area contributed by atoms with Crippen molar-refractivity contribution in [3.05, 3.63) is 0 Å². The Morgan fingerprint density at radius 2 is 1.74 bits per heavy atom. The van der Waals surface area contributed by atoms with E-state index in [1.807, 2.05) is 0 Å². The van der Waals surface area contributed by atoms with Gasteiger partial charge in [0, 0.05) is 0 Å². The second kappa shape index (κ2) is 9.35. The zero-order valence-electron chi connectivity index (χ0n) is 12.6. The average molecular weight is 291 g/mol. The maximum absolute atomic E-state index is 12.1. The first-order chi connectivity index (χ1) is 8.98. The summed E-state index contributed by atoms with van der Waals surface area (Å²) in [5.74, 6) is -0.0896. The fourth-order valence-corrected chi connectivity index (χ4v) is 2.47.